The zero-order chi connectivity index (χ0) is 19.1. The summed E-state index contributed by atoms with van der Waals surface area (Å²) < 4.78 is 5.75. The SMILES string of the molecule is O=C1OC(c2ccccc2)C(CCCCO)C(O)=C1SCc1ccccc1. The van der Waals surface area contributed by atoms with Crippen molar-refractivity contribution in [3.63, 3.8) is 0 Å². The number of ether oxygens (including phenoxy) is 1. The molecule has 0 spiro atoms. The zero-order valence-corrected chi connectivity index (χ0v) is 15.9. The quantitative estimate of drug-likeness (QED) is 0.507. The van der Waals surface area contributed by atoms with Crippen LogP contribution in [0.2, 0.25) is 0 Å². The van der Waals surface area contributed by atoms with Crippen LogP contribution < -0.4 is 0 Å². The highest BCUT2D eigenvalue weighted by Crippen LogP contribution is 2.43. The molecule has 0 radical (unpaired) electrons. The maximum atomic E-state index is 12.6. The van der Waals surface area contributed by atoms with Crippen molar-refractivity contribution in [1.29, 1.82) is 0 Å². The van der Waals surface area contributed by atoms with Crippen LogP contribution in [0.25, 0.3) is 0 Å². The maximum Gasteiger partial charge on any atom is 0.348 e. The standard InChI is InChI=1S/C22H24O4S/c23-14-8-7-13-18-19(24)21(27-15-16-9-3-1-4-10-16)22(25)26-20(18)17-11-5-2-6-12-17/h1-6,9-12,18,20,23-24H,7-8,13-15H2. The molecule has 27 heavy (non-hydrogen) atoms. The van der Waals surface area contributed by atoms with Gasteiger partial charge in [0.25, 0.3) is 0 Å². The molecular weight excluding hydrogens is 360 g/mol. The van der Waals surface area contributed by atoms with E-state index in [9.17, 15) is 9.90 Å². The van der Waals surface area contributed by atoms with E-state index in [1.807, 2.05) is 60.7 Å². The van der Waals surface area contributed by atoms with Crippen LogP contribution in [0.15, 0.2) is 71.3 Å². The number of hydrogen-bond acceptors (Lipinski definition) is 5. The third-order valence-corrected chi connectivity index (χ3v) is 5.79. The molecule has 4 nitrogen and oxygen atoms in total. The molecule has 0 amide bonds. The first-order chi connectivity index (χ1) is 13.2. The van der Waals surface area contributed by atoms with Gasteiger partial charge in [-0.1, -0.05) is 67.1 Å². The predicted molar refractivity (Wildman–Crippen MR) is 107 cm³/mol. The normalized spacial score (nSPS) is 19.8. The lowest BCUT2D eigenvalue weighted by molar-refractivity contribution is -0.149. The minimum Gasteiger partial charge on any atom is -0.510 e. The smallest absolute Gasteiger partial charge is 0.348 e. The minimum absolute atomic E-state index is 0.110. The van der Waals surface area contributed by atoms with Gasteiger partial charge in [0.05, 0.1) is 5.92 Å². The molecule has 2 atom stereocenters. The molecule has 3 rings (SSSR count). The Balaban J connectivity index is 1.83. The number of cyclic esters (lactones) is 1. The molecule has 0 aliphatic carbocycles. The van der Waals surface area contributed by atoms with Gasteiger partial charge in [0.2, 0.25) is 0 Å². The summed E-state index contributed by atoms with van der Waals surface area (Å²) in [6.07, 6.45) is 1.56. The van der Waals surface area contributed by atoms with Gasteiger partial charge in [0, 0.05) is 12.4 Å². The first kappa shape index (κ1) is 19.5. The van der Waals surface area contributed by atoms with E-state index in [0.29, 0.717) is 23.5 Å². The Bertz CT molecular complexity index is 773. The lowest BCUT2D eigenvalue weighted by Crippen LogP contribution is -2.29. The molecule has 5 heteroatoms. The Hall–Kier alpha value is -2.24. The summed E-state index contributed by atoms with van der Waals surface area (Å²) in [6, 6.07) is 19.3. The van der Waals surface area contributed by atoms with Gasteiger partial charge in [-0.3, -0.25) is 0 Å². The number of hydrogen-bond donors (Lipinski definition) is 2. The van der Waals surface area contributed by atoms with Gasteiger partial charge in [0.1, 0.15) is 16.8 Å². The highest BCUT2D eigenvalue weighted by Gasteiger charge is 2.38. The van der Waals surface area contributed by atoms with E-state index >= 15 is 0 Å². The molecule has 0 aromatic heterocycles. The highest BCUT2D eigenvalue weighted by atomic mass is 32.2. The van der Waals surface area contributed by atoms with Gasteiger partial charge < -0.3 is 14.9 Å². The van der Waals surface area contributed by atoms with Gasteiger partial charge in [-0.25, -0.2) is 4.79 Å². The van der Waals surface area contributed by atoms with Crippen molar-refractivity contribution < 1.29 is 19.7 Å². The largest absolute Gasteiger partial charge is 0.510 e. The second kappa shape index (κ2) is 9.62. The Morgan fingerprint density at radius 2 is 1.63 bits per heavy atom. The summed E-state index contributed by atoms with van der Waals surface area (Å²) in [6.45, 7) is 0.114. The number of benzene rings is 2. The molecule has 0 saturated heterocycles. The van der Waals surface area contributed by atoms with Crippen molar-refractivity contribution in [3.8, 4) is 0 Å². The highest BCUT2D eigenvalue weighted by molar-refractivity contribution is 8.03. The Labute approximate surface area is 163 Å². The fourth-order valence-electron chi connectivity index (χ4n) is 3.24. The monoisotopic (exact) mass is 384 g/mol. The fraction of sp³-hybridized carbons (Fsp3) is 0.318. The molecule has 2 unspecified atom stereocenters. The number of carbonyl (C=O) groups excluding carboxylic acids is 1. The third kappa shape index (κ3) is 4.93. The summed E-state index contributed by atoms with van der Waals surface area (Å²) in [7, 11) is 0. The number of esters is 1. The first-order valence-corrected chi connectivity index (χ1v) is 10.2. The number of unbranched alkanes of at least 4 members (excludes halogenated alkanes) is 1. The predicted octanol–water partition coefficient (Wildman–Crippen LogP) is 4.77. The van der Waals surface area contributed by atoms with E-state index in [1.54, 1.807) is 0 Å². The summed E-state index contributed by atoms with van der Waals surface area (Å²) >= 11 is 1.31. The van der Waals surface area contributed by atoms with E-state index in [0.717, 1.165) is 17.5 Å². The summed E-state index contributed by atoms with van der Waals surface area (Å²) in [4.78, 5) is 12.9. The van der Waals surface area contributed by atoms with E-state index in [2.05, 4.69) is 0 Å². The van der Waals surface area contributed by atoms with E-state index in [-0.39, 0.29) is 18.3 Å². The zero-order valence-electron chi connectivity index (χ0n) is 15.1. The van der Waals surface area contributed by atoms with Crippen LogP contribution in [0.1, 0.15) is 36.5 Å². The Morgan fingerprint density at radius 1 is 0.963 bits per heavy atom. The average Bonchev–Trinajstić information content (AvgIpc) is 2.71. The lowest BCUT2D eigenvalue weighted by Gasteiger charge is -2.32. The molecule has 2 aromatic carbocycles. The van der Waals surface area contributed by atoms with E-state index in [1.165, 1.54) is 11.8 Å². The molecule has 0 saturated carbocycles. The first-order valence-electron chi connectivity index (χ1n) is 9.17. The van der Waals surface area contributed by atoms with Gasteiger partial charge in [-0.05, 0) is 24.0 Å². The van der Waals surface area contributed by atoms with Gasteiger partial charge in [-0.2, -0.15) is 0 Å². The van der Waals surface area contributed by atoms with E-state index < -0.39 is 12.1 Å². The second-order valence-electron chi connectivity index (χ2n) is 6.55. The maximum absolute atomic E-state index is 12.6. The van der Waals surface area contributed by atoms with E-state index in [4.69, 9.17) is 9.84 Å². The Kier molecular flexibility index (Phi) is 6.96. The molecule has 1 heterocycles. The van der Waals surface area contributed by atoms with Crippen LogP contribution in [0, 0.1) is 5.92 Å². The summed E-state index contributed by atoms with van der Waals surface area (Å²) in [5.74, 6) is -0.0658. The topological polar surface area (TPSA) is 66.8 Å². The van der Waals surface area contributed by atoms with Crippen molar-refractivity contribution in [2.75, 3.05) is 6.61 Å². The molecule has 1 aliphatic rings. The van der Waals surface area contributed by atoms with Gasteiger partial charge in [0.15, 0.2) is 0 Å². The summed E-state index contributed by atoms with van der Waals surface area (Å²) in [5.41, 5.74) is 1.95. The van der Waals surface area contributed by atoms with Crippen molar-refractivity contribution in [1.82, 2.24) is 0 Å². The van der Waals surface area contributed by atoms with Crippen LogP contribution in [0.3, 0.4) is 0 Å². The molecule has 2 N–H and O–H groups in total. The van der Waals surface area contributed by atoms with Crippen molar-refractivity contribution >= 4 is 17.7 Å². The number of carbonyl (C=O) groups is 1. The van der Waals surface area contributed by atoms with Crippen LogP contribution in [0.4, 0.5) is 0 Å². The van der Waals surface area contributed by atoms with Gasteiger partial charge >= 0.3 is 5.97 Å². The Morgan fingerprint density at radius 3 is 2.30 bits per heavy atom. The molecule has 0 bridgehead atoms. The number of aliphatic hydroxyl groups excluding tert-OH is 2. The van der Waals surface area contributed by atoms with Crippen molar-refractivity contribution in [2.45, 2.75) is 31.1 Å². The van der Waals surface area contributed by atoms with Crippen molar-refractivity contribution in [3.05, 3.63) is 82.5 Å². The number of aliphatic hydroxyl groups is 2. The summed E-state index contributed by atoms with van der Waals surface area (Å²) in [5, 5.41) is 20.0. The lowest BCUT2D eigenvalue weighted by atomic mass is 9.87. The molecule has 142 valence electrons. The second-order valence-corrected chi connectivity index (χ2v) is 7.54. The van der Waals surface area contributed by atoms with Crippen LogP contribution in [-0.4, -0.2) is 22.8 Å². The number of rotatable bonds is 8. The molecule has 0 fully saturated rings. The number of thioether (sulfide) groups is 1. The van der Waals surface area contributed by atoms with Crippen LogP contribution >= 0.6 is 11.8 Å². The van der Waals surface area contributed by atoms with Gasteiger partial charge in [-0.15, -0.1) is 11.8 Å². The molecule has 1 aliphatic heterocycles. The average molecular weight is 384 g/mol. The fourth-order valence-corrected chi connectivity index (χ4v) is 4.21. The molecule has 2 aromatic rings. The van der Waals surface area contributed by atoms with Crippen LogP contribution in [0.5, 0.6) is 0 Å². The molecular formula is C22H24O4S. The third-order valence-electron chi connectivity index (χ3n) is 4.65. The minimum atomic E-state index is -0.501. The van der Waals surface area contributed by atoms with Crippen LogP contribution in [-0.2, 0) is 15.3 Å². The van der Waals surface area contributed by atoms with Crippen molar-refractivity contribution in [2.24, 2.45) is 5.92 Å².